The molecule has 168 valence electrons. The SMILES string of the molecule is COc1cc(NC(=O)CCNS(=O)(=O)c2ccc(C(C)=O)cc2)ccc1NS(C)(=O)=O. The molecule has 0 aliphatic heterocycles. The van der Waals surface area contributed by atoms with E-state index in [0.29, 0.717) is 11.3 Å². The van der Waals surface area contributed by atoms with Gasteiger partial charge in [-0.05, 0) is 31.2 Å². The Bertz CT molecular complexity index is 1180. The number of nitrogens with one attached hydrogen (secondary N) is 3. The number of amides is 1. The third kappa shape index (κ3) is 7.35. The molecule has 0 heterocycles. The summed E-state index contributed by atoms with van der Waals surface area (Å²) in [6.45, 7) is 1.24. The number of rotatable bonds is 10. The van der Waals surface area contributed by atoms with Gasteiger partial charge < -0.3 is 10.1 Å². The van der Waals surface area contributed by atoms with E-state index >= 15 is 0 Å². The lowest BCUT2D eigenvalue weighted by Gasteiger charge is -2.12. The van der Waals surface area contributed by atoms with Crippen LogP contribution in [0.1, 0.15) is 23.7 Å². The Labute approximate surface area is 181 Å². The van der Waals surface area contributed by atoms with Crippen LogP contribution in [0.4, 0.5) is 11.4 Å². The molecule has 1 amide bonds. The van der Waals surface area contributed by atoms with Gasteiger partial charge in [0.1, 0.15) is 5.75 Å². The highest BCUT2D eigenvalue weighted by Crippen LogP contribution is 2.28. The second-order valence-corrected chi connectivity index (χ2v) is 10.1. The van der Waals surface area contributed by atoms with E-state index in [1.165, 1.54) is 56.5 Å². The van der Waals surface area contributed by atoms with Crippen LogP contribution in [0, 0.1) is 0 Å². The lowest BCUT2D eigenvalue weighted by molar-refractivity contribution is -0.116. The van der Waals surface area contributed by atoms with Gasteiger partial charge in [0.25, 0.3) is 0 Å². The van der Waals surface area contributed by atoms with Crippen LogP contribution in [0.2, 0.25) is 0 Å². The van der Waals surface area contributed by atoms with Crippen LogP contribution in [0.5, 0.6) is 5.75 Å². The molecule has 10 nitrogen and oxygen atoms in total. The van der Waals surface area contributed by atoms with E-state index in [4.69, 9.17) is 4.74 Å². The molecule has 0 aliphatic carbocycles. The summed E-state index contributed by atoms with van der Waals surface area (Å²) in [4.78, 5) is 23.4. The first-order valence-electron chi connectivity index (χ1n) is 8.97. The zero-order valence-corrected chi connectivity index (χ0v) is 18.8. The Kier molecular flexibility index (Phi) is 7.76. The van der Waals surface area contributed by atoms with E-state index in [-0.39, 0.29) is 35.1 Å². The average molecular weight is 470 g/mol. The lowest BCUT2D eigenvalue weighted by atomic mass is 10.2. The number of anilines is 2. The van der Waals surface area contributed by atoms with Crippen LogP contribution in [-0.2, 0) is 24.8 Å². The highest BCUT2D eigenvalue weighted by atomic mass is 32.2. The summed E-state index contributed by atoms with van der Waals surface area (Å²) in [6.07, 6.45) is 0.858. The number of benzene rings is 2. The zero-order chi connectivity index (χ0) is 23.2. The molecule has 0 unspecified atom stereocenters. The van der Waals surface area contributed by atoms with E-state index in [2.05, 4.69) is 14.8 Å². The molecular weight excluding hydrogens is 446 g/mol. The Morgan fingerprint density at radius 1 is 1.00 bits per heavy atom. The highest BCUT2D eigenvalue weighted by Gasteiger charge is 2.15. The topological polar surface area (TPSA) is 148 Å². The molecule has 0 radical (unpaired) electrons. The summed E-state index contributed by atoms with van der Waals surface area (Å²) in [5.41, 5.74) is 0.960. The predicted octanol–water partition coefficient (Wildman–Crippen LogP) is 1.58. The molecule has 2 aromatic carbocycles. The molecule has 2 aromatic rings. The zero-order valence-electron chi connectivity index (χ0n) is 17.1. The molecular formula is C19H23N3O7S2. The number of ketones is 1. The summed E-state index contributed by atoms with van der Waals surface area (Å²) < 4.78 is 57.1. The largest absolute Gasteiger partial charge is 0.494 e. The first kappa shape index (κ1) is 24.3. The second kappa shape index (κ2) is 9.90. The van der Waals surface area contributed by atoms with E-state index < -0.39 is 26.0 Å². The number of hydrogen-bond acceptors (Lipinski definition) is 7. The predicted molar refractivity (Wildman–Crippen MR) is 116 cm³/mol. The van der Waals surface area contributed by atoms with Crippen molar-refractivity contribution < 1.29 is 31.2 Å². The van der Waals surface area contributed by atoms with Crippen molar-refractivity contribution >= 4 is 43.1 Å². The van der Waals surface area contributed by atoms with E-state index in [1.54, 1.807) is 0 Å². The molecule has 31 heavy (non-hydrogen) atoms. The van der Waals surface area contributed by atoms with E-state index in [1.807, 2.05) is 0 Å². The number of sulfonamides is 2. The van der Waals surface area contributed by atoms with Gasteiger partial charge in [0.05, 0.1) is 23.9 Å². The van der Waals surface area contributed by atoms with Crippen LogP contribution < -0.4 is 19.5 Å². The molecule has 12 heteroatoms. The maximum Gasteiger partial charge on any atom is 0.240 e. The maximum absolute atomic E-state index is 12.3. The molecule has 0 atom stereocenters. The second-order valence-electron chi connectivity index (χ2n) is 6.57. The fraction of sp³-hybridized carbons (Fsp3) is 0.263. The molecule has 3 N–H and O–H groups in total. The summed E-state index contributed by atoms with van der Waals surface area (Å²) >= 11 is 0. The number of hydrogen-bond donors (Lipinski definition) is 3. The number of Topliss-reactive ketones (excluding diaryl/α,β-unsaturated/α-hetero) is 1. The quantitative estimate of drug-likeness (QED) is 0.447. The Balaban J connectivity index is 1.95. The van der Waals surface area contributed by atoms with Crippen molar-refractivity contribution in [1.29, 1.82) is 0 Å². The highest BCUT2D eigenvalue weighted by molar-refractivity contribution is 7.92. The number of methoxy groups -OCH3 is 1. The minimum absolute atomic E-state index is 0.0170. The van der Waals surface area contributed by atoms with Crippen molar-refractivity contribution in [3.63, 3.8) is 0 Å². The van der Waals surface area contributed by atoms with Gasteiger partial charge in [0, 0.05) is 30.3 Å². The summed E-state index contributed by atoms with van der Waals surface area (Å²) in [7, 11) is -5.98. The number of ether oxygens (including phenoxy) is 1. The van der Waals surface area contributed by atoms with Gasteiger partial charge in [-0.3, -0.25) is 14.3 Å². The van der Waals surface area contributed by atoms with Crippen LogP contribution >= 0.6 is 0 Å². The van der Waals surface area contributed by atoms with Crippen molar-refractivity contribution in [2.24, 2.45) is 0 Å². The van der Waals surface area contributed by atoms with Gasteiger partial charge in [0.2, 0.25) is 26.0 Å². The summed E-state index contributed by atoms with van der Waals surface area (Å²) in [5, 5.41) is 2.58. The number of carbonyl (C=O) groups is 2. The smallest absolute Gasteiger partial charge is 0.240 e. The molecule has 0 aliphatic rings. The Morgan fingerprint density at radius 2 is 1.65 bits per heavy atom. The van der Waals surface area contributed by atoms with Crippen LogP contribution in [0.15, 0.2) is 47.4 Å². The third-order valence-corrected chi connectivity index (χ3v) is 6.06. The first-order valence-corrected chi connectivity index (χ1v) is 12.3. The van der Waals surface area contributed by atoms with Crippen LogP contribution in [-0.4, -0.2) is 48.4 Å². The van der Waals surface area contributed by atoms with Gasteiger partial charge in [0.15, 0.2) is 5.78 Å². The van der Waals surface area contributed by atoms with Crippen molar-refractivity contribution in [1.82, 2.24) is 4.72 Å². The van der Waals surface area contributed by atoms with Gasteiger partial charge in [-0.25, -0.2) is 21.6 Å². The lowest BCUT2D eigenvalue weighted by Crippen LogP contribution is -2.27. The third-order valence-electron chi connectivity index (χ3n) is 4.00. The molecule has 0 saturated heterocycles. The standard InChI is InChI=1S/C19H23N3O7S2/c1-13(23)14-4-7-16(8-5-14)31(27,28)20-11-10-19(24)21-15-6-9-17(18(12-15)29-2)22-30(3,25)26/h4-9,12,20,22H,10-11H2,1-3H3,(H,21,24). The minimum Gasteiger partial charge on any atom is -0.494 e. The van der Waals surface area contributed by atoms with Crippen molar-refractivity contribution in [2.45, 2.75) is 18.2 Å². The number of carbonyl (C=O) groups excluding carboxylic acids is 2. The van der Waals surface area contributed by atoms with Gasteiger partial charge in [-0.2, -0.15) is 0 Å². The van der Waals surface area contributed by atoms with Gasteiger partial charge in [-0.15, -0.1) is 0 Å². The van der Waals surface area contributed by atoms with Crippen molar-refractivity contribution in [2.75, 3.05) is 29.9 Å². The Morgan fingerprint density at radius 3 is 2.19 bits per heavy atom. The van der Waals surface area contributed by atoms with Crippen LogP contribution in [0.3, 0.4) is 0 Å². The maximum atomic E-state index is 12.3. The minimum atomic E-state index is -3.83. The first-order chi connectivity index (χ1) is 14.4. The van der Waals surface area contributed by atoms with Crippen LogP contribution in [0.25, 0.3) is 0 Å². The molecule has 0 bridgehead atoms. The molecule has 0 fully saturated rings. The van der Waals surface area contributed by atoms with Crippen molar-refractivity contribution in [3.8, 4) is 5.75 Å². The average Bonchev–Trinajstić information content (AvgIpc) is 2.68. The molecule has 2 rings (SSSR count). The fourth-order valence-corrected chi connectivity index (χ4v) is 4.13. The normalized spacial score (nSPS) is 11.6. The fourth-order valence-electron chi connectivity index (χ4n) is 2.53. The molecule has 0 saturated carbocycles. The van der Waals surface area contributed by atoms with Gasteiger partial charge >= 0.3 is 0 Å². The van der Waals surface area contributed by atoms with Gasteiger partial charge in [-0.1, -0.05) is 12.1 Å². The van der Waals surface area contributed by atoms with E-state index in [9.17, 15) is 26.4 Å². The monoisotopic (exact) mass is 469 g/mol. The molecule has 0 spiro atoms. The molecule has 0 aromatic heterocycles. The Hall–Kier alpha value is -2.96. The summed E-state index contributed by atoms with van der Waals surface area (Å²) in [5.74, 6) is -0.427. The summed E-state index contributed by atoms with van der Waals surface area (Å²) in [6, 6.07) is 9.82. The van der Waals surface area contributed by atoms with E-state index in [0.717, 1.165) is 6.26 Å². The van der Waals surface area contributed by atoms with Crippen molar-refractivity contribution in [3.05, 3.63) is 48.0 Å².